The number of carboxylic acids is 1. The van der Waals surface area contributed by atoms with E-state index in [1.807, 2.05) is 13.8 Å². The molecular formula is C16H21N3O7. The first-order valence-electron chi connectivity index (χ1n) is 7.78. The van der Waals surface area contributed by atoms with Crippen LogP contribution in [-0.2, 0) is 9.59 Å². The maximum atomic E-state index is 12.1. The Morgan fingerprint density at radius 3 is 2.46 bits per heavy atom. The molecule has 0 bridgehead atoms. The second kappa shape index (κ2) is 9.35. The van der Waals surface area contributed by atoms with Crippen molar-refractivity contribution in [1.82, 2.24) is 10.6 Å². The fourth-order valence-corrected chi connectivity index (χ4v) is 2.17. The molecule has 0 spiro atoms. The molecule has 10 nitrogen and oxygen atoms in total. The SMILES string of the molecule is COc1ccc(C(=O)NCC(=O)N[C@@H](CC(C)C)C(=O)O)cc1[N+](=O)[O-]. The van der Waals surface area contributed by atoms with E-state index in [1.54, 1.807) is 0 Å². The molecule has 1 aromatic carbocycles. The van der Waals surface area contributed by atoms with Crippen molar-refractivity contribution in [3.05, 3.63) is 33.9 Å². The lowest BCUT2D eigenvalue weighted by atomic mass is 10.0. The molecule has 0 aliphatic rings. The summed E-state index contributed by atoms with van der Waals surface area (Å²) in [5, 5.41) is 24.7. The van der Waals surface area contributed by atoms with E-state index in [2.05, 4.69) is 10.6 Å². The summed E-state index contributed by atoms with van der Waals surface area (Å²) >= 11 is 0. The van der Waals surface area contributed by atoms with E-state index in [1.165, 1.54) is 19.2 Å². The largest absolute Gasteiger partial charge is 0.490 e. The number of nitrogens with zero attached hydrogens (tertiary/aromatic N) is 1. The summed E-state index contributed by atoms with van der Waals surface area (Å²) in [4.78, 5) is 45.3. The smallest absolute Gasteiger partial charge is 0.326 e. The van der Waals surface area contributed by atoms with Gasteiger partial charge in [0.05, 0.1) is 18.6 Å². The highest BCUT2D eigenvalue weighted by molar-refractivity contribution is 5.97. The van der Waals surface area contributed by atoms with Crippen molar-refractivity contribution in [3.8, 4) is 5.75 Å². The molecule has 1 rings (SSSR count). The summed E-state index contributed by atoms with van der Waals surface area (Å²) in [5.41, 5.74) is -0.408. The third kappa shape index (κ3) is 6.04. The molecule has 26 heavy (non-hydrogen) atoms. The fraction of sp³-hybridized carbons (Fsp3) is 0.438. The van der Waals surface area contributed by atoms with Gasteiger partial charge in [-0.05, 0) is 24.5 Å². The molecule has 0 heterocycles. The van der Waals surface area contributed by atoms with Gasteiger partial charge in [-0.3, -0.25) is 19.7 Å². The molecule has 3 N–H and O–H groups in total. The first-order valence-corrected chi connectivity index (χ1v) is 7.78. The van der Waals surface area contributed by atoms with Gasteiger partial charge in [0.15, 0.2) is 5.75 Å². The van der Waals surface area contributed by atoms with Crippen molar-refractivity contribution in [2.75, 3.05) is 13.7 Å². The van der Waals surface area contributed by atoms with Crippen LogP contribution in [0.25, 0.3) is 0 Å². The first-order chi connectivity index (χ1) is 12.1. The number of nitro groups is 1. The number of methoxy groups -OCH3 is 1. The molecule has 1 atom stereocenters. The summed E-state index contributed by atoms with van der Waals surface area (Å²) in [6.07, 6.45) is 0.250. The van der Waals surface area contributed by atoms with Gasteiger partial charge in [0.2, 0.25) is 5.91 Å². The molecule has 1 aromatic rings. The number of aliphatic carboxylic acids is 1. The van der Waals surface area contributed by atoms with Crippen LogP contribution in [0.4, 0.5) is 5.69 Å². The Hall–Kier alpha value is -3.17. The van der Waals surface area contributed by atoms with Gasteiger partial charge >= 0.3 is 11.7 Å². The number of rotatable bonds is 9. The quantitative estimate of drug-likeness (QED) is 0.434. The van der Waals surface area contributed by atoms with E-state index < -0.39 is 35.3 Å². The summed E-state index contributed by atoms with van der Waals surface area (Å²) < 4.78 is 4.84. The summed E-state index contributed by atoms with van der Waals surface area (Å²) in [6.45, 7) is 3.18. The minimum Gasteiger partial charge on any atom is -0.490 e. The molecule has 0 aliphatic heterocycles. The van der Waals surface area contributed by atoms with Gasteiger partial charge in [-0.2, -0.15) is 0 Å². The van der Waals surface area contributed by atoms with Gasteiger partial charge in [-0.1, -0.05) is 13.8 Å². The average Bonchev–Trinajstić information content (AvgIpc) is 2.57. The lowest BCUT2D eigenvalue weighted by Gasteiger charge is -2.16. The minimum absolute atomic E-state index is 0.00211. The van der Waals surface area contributed by atoms with Gasteiger partial charge in [0.25, 0.3) is 5.91 Å². The van der Waals surface area contributed by atoms with E-state index in [9.17, 15) is 24.5 Å². The molecule has 0 saturated carbocycles. The molecule has 0 aromatic heterocycles. The second-order valence-electron chi connectivity index (χ2n) is 5.91. The summed E-state index contributed by atoms with van der Waals surface area (Å²) in [7, 11) is 1.27. The highest BCUT2D eigenvalue weighted by Crippen LogP contribution is 2.27. The van der Waals surface area contributed by atoms with Gasteiger partial charge in [0, 0.05) is 11.6 Å². The maximum Gasteiger partial charge on any atom is 0.326 e. The van der Waals surface area contributed by atoms with Crippen LogP contribution in [0.15, 0.2) is 18.2 Å². The summed E-state index contributed by atoms with van der Waals surface area (Å²) in [6, 6.07) is 2.57. The Balaban J connectivity index is 2.71. The normalized spacial score (nSPS) is 11.5. The van der Waals surface area contributed by atoms with Crippen LogP contribution in [0, 0.1) is 16.0 Å². The highest BCUT2D eigenvalue weighted by atomic mass is 16.6. The highest BCUT2D eigenvalue weighted by Gasteiger charge is 2.22. The van der Waals surface area contributed by atoms with Crippen LogP contribution in [0.5, 0.6) is 5.75 Å². The number of amides is 2. The van der Waals surface area contributed by atoms with Crippen LogP contribution in [0.1, 0.15) is 30.6 Å². The Morgan fingerprint density at radius 2 is 1.96 bits per heavy atom. The number of hydrogen-bond donors (Lipinski definition) is 3. The van der Waals surface area contributed by atoms with Crippen molar-refractivity contribution in [2.24, 2.45) is 5.92 Å². The Morgan fingerprint density at radius 1 is 1.31 bits per heavy atom. The van der Waals surface area contributed by atoms with E-state index in [0.717, 1.165) is 6.07 Å². The second-order valence-corrected chi connectivity index (χ2v) is 5.91. The van der Waals surface area contributed by atoms with Crippen molar-refractivity contribution in [3.63, 3.8) is 0 Å². The molecule has 0 aliphatic carbocycles. The zero-order valence-corrected chi connectivity index (χ0v) is 14.6. The number of ether oxygens (including phenoxy) is 1. The van der Waals surface area contributed by atoms with Crippen LogP contribution >= 0.6 is 0 Å². The number of carbonyl (C=O) groups excluding carboxylic acids is 2. The fourth-order valence-electron chi connectivity index (χ4n) is 2.17. The lowest BCUT2D eigenvalue weighted by molar-refractivity contribution is -0.385. The van der Waals surface area contributed by atoms with Gasteiger partial charge in [-0.15, -0.1) is 0 Å². The third-order valence-corrected chi connectivity index (χ3v) is 3.39. The molecule has 142 valence electrons. The molecule has 0 unspecified atom stereocenters. The molecule has 10 heteroatoms. The minimum atomic E-state index is -1.16. The van der Waals surface area contributed by atoms with Crippen molar-refractivity contribution in [1.29, 1.82) is 0 Å². The first kappa shape index (κ1) is 20.9. The topological polar surface area (TPSA) is 148 Å². The van der Waals surface area contributed by atoms with Crippen LogP contribution in [0.2, 0.25) is 0 Å². The van der Waals surface area contributed by atoms with Gasteiger partial charge in [0.1, 0.15) is 6.04 Å². The number of carboxylic acid groups (broad SMARTS) is 1. The predicted molar refractivity (Wildman–Crippen MR) is 91.0 cm³/mol. The standard InChI is InChI=1S/C16H21N3O7/c1-9(2)6-11(16(22)23)18-14(20)8-17-15(21)10-4-5-13(26-3)12(7-10)19(24)25/h4-5,7,9,11H,6,8H2,1-3H3,(H,17,21)(H,18,20)(H,22,23)/t11-/m0/s1. The van der Waals surface area contributed by atoms with Crippen molar-refractivity contribution < 1.29 is 29.2 Å². The number of nitrogens with one attached hydrogen (secondary N) is 2. The molecule has 0 saturated heterocycles. The van der Waals surface area contributed by atoms with E-state index in [-0.39, 0.29) is 29.3 Å². The molecule has 0 radical (unpaired) electrons. The zero-order chi connectivity index (χ0) is 19.9. The summed E-state index contributed by atoms with van der Waals surface area (Å²) in [5.74, 6) is -2.48. The number of carbonyl (C=O) groups is 3. The van der Waals surface area contributed by atoms with E-state index in [4.69, 9.17) is 9.84 Å². The van der Waals surface area contributed by atoms with E-state index >= 15 is 0 Å². The number of hydrogen-bond acceptors (Lipinski definition) is 6. The molecule has 0 fully saturated rings. The van der Waals surface area contributed by atoms with Gasteiger partial charge in [-0.25, -0.2) is 4.79 Å². The number of nitro benzene ring substituents is 1. The zero-order valence-electron chi connectivity index (χ0n) is 14.6. The Labute approximate surface area is 149 Å². The van der Waals surface area contributed by atoms with Crippen LogP contribution in [0.3, 0.4) is 0 Å². The third-order valence-electron chi connectivity index (χ3n) is 3.39. The van der Waals surface area contributed by atoms with Crippen LogP contribution < -0.4 is 15.4 Å². The van der Waals surface area contributed by atoms with Crippen molar-refractivity contribution >= 4 is 23.5 Å². The van der Waals surface area contributed by atoms with Crippen molar-refractivity contribution in [2.45, 2.75) is 26.3 Å². The van der Waals surface area contributed by atoms with Crippen LogP contribution in [-0.4, -0.2) is 47.5 Å². The maximum absolute atomic E-state index is 12.1. The number of benzene rings is 1. The molecular weight excluding hydrogens is 346 g/mol. The Bertz CT molecular complexity index is 703. The lowest BCUT2D eigenvalue weighted by Crippen LogP contribution is -2.46. The molecule has 2 amide bonds. The monoisotopic (exact) mass is 367 g/mol. The van der Waals surface area contributed by atoms with Gasteiger partial charge < -0.3 is 20.5 Å². The predicted octanol–water partition coefficient (Wildman–Crippen LogP) is 0.949. The van der Waals surface area contributed by atoms with E-state index in [0.29, 0.717) is 0 Å². The Kier molecular flexibility index (Phi) is 7.51. The average molecular weight is 367 g/mol.